The van der Waals surface area contributed by atoms with E-state index in [0.717, 1.165) is 25.7 Å². The van der Waals surface area contributed by atoms with Crippen molar-refractivity contribution in [2.24, 2.45) is 5.41 Å². The molecular weight excluding hydrogens is 931 g/mol. The number of rotatable bonds is 13. The second kappa shape index (κ2) is 19.8. The van der Waals surface area contributed by atoms with Crippen molar-refractivity contribution in [3.63, 3.8) is 0 Å². The molecule has 4 aliphatic heterocycles. The minimum atomic E-state index is -2.36. The second-order valence-electron chi connectivity index (χ2n) is 22.5. The van der Waals surface area contributed by atoms with Crippen LogP contribution in [0.25, 0.3) is 32.8 Å². The zero-order chi connectivity index (χ0) is 50.7. The van der Waals surface area contributed by atoms with Gasteiger partial charge in [-0.05, 0) is 122 Å². The molecule has 71 heavy (non-hydrogen) atoms. The van der Waals surface area contributed by atoms with Crippen LogP contribution < -0.4 is 14.4 Å². The first-order chi connectivity index (χ1) is 33.7. The van der Waals surface area contributed by atoms with E-state index in [1.165, 1.54) is 13.2 Å². The van der Waals surface area contributed by atoms with E-state index >= 15 is 8.78 Å². The van der Waals surface area contributed by atoms with E-state index in [-0.39, 0.29) is 78.4 Å². The molecule has 2 atom stereocenters. The summed E-state index contributed by atoms with van der Waals surface area (Å²) in [7, 11) is -0.840. The summed E-state index contributed by atoms with van der Waals surface area (Å²) in [5, 5.41) is 1.58. The summed E-state index contributed by atoms with van der Waals surface area (Å²) in [6.07, 6.45) is 2.05. The van der Waals surface area contributed by atoms with Gasteiger partial charge in [0.15, 0.2) is 12.6 Å². The van der Waals surface area contributed by atoms with Crippen LogP contribution in [0.1, 0.15) is 118 Å². The molecule has 0 spiro atoms. The molecule has 3 aromatic carbocycles. The fraction of sp³-hybridized carbons (Fsp3) is 0.582. The molecule has 5 aliphatic rings. The number of likely N-dealkylation sites (tertiary alicyclic amines) is 1. The second-order valence-corrected chi connectivity index (χ2v) is 28.1. The number of anilines is 1. The minimum absolute atomic E-state index is 0.00441. The number of hydrogen-bond donors (Lipinski definition) is 0. The third-order valence-electron chi connectivity index (χ3n) is 15.8. The van der Waals surface area contributed by atoms with Gasteiger partial charge in [-0.25, -0.2) is 13.6 Å². The quantitative estimate of drug-likeness (QED) is 0.0557. The lowest BCUT2D eigenvalue weighted by atomic mass is 9.88. The molecule has 0 unspecified atom stereocenters. The normalized spacial score (nSPS) is 20.0. The topological polar surface area (TPSA) is 98.7 Å². The number of amides is 1. The van der Waals surface area contributed by atoms with Crippen LogP contribution in [0.3, 0.4) is 0 Å². The number of carbonyl (C=O) groups excluding carboxylic acids is 1. The van der Waals surface area contributed by atoms with Gasteiger partial charge in [0.2, 0.25) is 0 Å². The van der Waals surface area contributed by atoms with Crippen LogP contribution in [0.4, 0.5) is 28.2 Å². The van der Waals surface area contributed by atoms with Crippen molar-refractivity contribution in [1.82, 2.24) is 19.8 Å². The lowest BCUT2D eigenvalue weighted by Gasteiger charge is -2.42. The molecule has 9 rings (SSSR count). The first-order valence-corrected chi connectivity index (χ1v) is 27.7. The Morgan fingerprint density at radius 1 is 0.915 bits per heavy atom. The van der Waals surface area contributed by atoms with E-state index in [2.05, 4.69) is 62.8 Å². The minimum Gasteiger partial charge on any atom is -0.468 e. The number of ether oxygens (including phenoxy) is 5. The van der Waals surface area contributed by atoms with Crippen molar-refractivity contribution < 1.29 is 46.0 Å². The van der Waals surface area contributed by atoms with Crippen molar-refractivity contribution in [3.05, 3.63) is 64.2 Å². The molecule has 1 aliphatic carbocycles. The third-order valence-corrected chi connectivity index (χ3v) is 22.1. The van der Waals surface area contributed by atoms with E-state index in [0.29, 0.717) is 107 Å². The maximum atomic E-state index is 18.6. The van der Waals surface area contributed by atoms with Crippen LogP contribution in [0, 0.1) is 28.5 Å². The number of methoxy groups -OCH3 is 1. The number of aromatic nitrogens is 2. The summed E-state index contributed by atoms with van der Waals surface area (Å²) in [6, 6.07) is 6.29. The standard InChI is InChI=1S/C55H69F4N5O6Si/c1-32(2)71(33(3)4,34(5)6)22-17-40-44(56)14-11-36-23-39(69-31-66-10)24-41(45(36)40)46-42-27-67-28-43(42)47-49(48(46)57)60-52(68-30-55(18-19-55)29-62-20-15-35(16-21-62)50(58)59)61-51(47)63-25-37-12-13-38(26-63)64(37)53(65)70-54(7,8)9/h11,14,23-24,32-34,37-38H,12-13,15-16,18-21,25-31H2,1-10H3/t37-,38+. The Morgan fingerprint density at radius 2 is 1.58 bits per heavy atom. The first-order valence-electron chi connectivity index (χ1n) is 25.4. The smallest absolute Gasteiger partial charge is 0.410 e. The van der Waals surface area contributed by atoms with Crippen molar-refractivity contribution in [3.8, 4) is 34.4 Å². The van der Waals surface area contributed by atoms with Crippen LogP contribution in [0.2, 0.25) is 16.6 Å². The molecule has 4 aromatic rings. The van der Waals surface area contributed by atoms with E-state index < -0.39 is 31.4 Å². The molecule has 1 aromatic heterocycles. The predicted octanol–water partition coefficient (Wildman–Crippen LogP) is 12.3. The van der Waals surface area contributed by atoms with Crippen LogP contribution in [0.5, 0.6) is 11.8 Å². The molecule has 0 radical (unpaired) electrons. The molecule has 382 valence electrons. The highest BCUT2D eigenvalue weighted by Crippen LogP contribution is 2.50. The number of piperazine rings is 1. The maximum absolute atomic E-state index is 18.6. The van der Waals surface area contributed by atoms with Crippen molar-refractivity contribution >= 4 is 41.7 Å². The largest absolute Gasteiger partial charge is 0.468 e. The summed E-state index contributed by atoms with van der Waals surface area (Å²) in [5.41, 5.74) is 6.05. The fourth-order valence-electron chi connectivity index (χ4n) is 12.2. The molecule has 0 N–H and O–H groups in total. The van der Waals surface area contributed by atoms with Gasteiger partial charge in [0.05, 0.1) is 42.9 Å². The van der Waals surface area contributed by atoms with Gasteiger partial charge in [-0.1, -0.05) is 53.5 Å². The Labute approximate surface area is 416 Å². The summed E-state index contributed by atoms with van der Waals surface area (Å²) in [4.78, 5) is 29.9. The van der Waals surface area contributed by atoms with Gasteiger partial charge in [0.25, 0.3) is 6.08 Å². The Balaban J connectivity index is 1.21. The highest BCUT2D eigenvalue weighted by molar-refractivity contribution is 6.90. The Morgan fingerprint density at radius 3 is 2.18 bits per heavy atom. The van der Waals surface area contributed by atoms with Gasteiger partial charge in [-0.2, -0.15) is 18.7 Å². The van der Waals surface area contributed by atoms with E-state index in [1.807, 2.05) is 25.7 Å². The molecule has 11 nitrogen and oxygen atoms in total. The van der Waals surface area contributed by atoms with Gasteiger partial charge in [-0.15, -0.1) is 5.54 Å². The molecule has 5 heterocycles. The number of piperidine rings is 1. The van der Waals surface area contributed by atoms with Crippen molar-refractivity contribution in [1.29, 1.82) is 0 Å². The Hall–Kier alpha value is -4.95. The van der Waals surface area contributed by atoms with Crippen LogP contribution in [-0.4, -0.2) is 105 Å². The maximum Gasteiger partial charge on any atom is 0.410 e. The van der Waals surface area contributed by atoms with Crippen LogP contribution in [-0.2, 0) is 27.4 Å². The average Bonchev–Trinajstić information content (AvgIpc) is 3.80. The SMILES string of the molecule is COCOc1cc(-c2c3c(c4c(N5C[C@H]6CC[C@@H](C5)N6C(=O)OC(C)(C)C)nc(OCC5(CN6CCC(=C(F)F)CC6)CC5)nc4c2F)COC3)c2c(C#C[Si](C(C)C)(C(C)C)C(C)C)c(F)ccc2c1. The van der Waals surface area contributed by atoms with Gasteiger partial charge in [0.1, 0.15) is 36.6 Å². The number of carbonyl (C=O) groups is 1. The number of halogens is 4. The molecule has 1 amide bonds. The molecule has 4 fully saturated rings. The van der Waals surface area contributed by atoms with E-state index in [9.17, 15) is 13.6 Å². The zero-order valence-corrected chi connectivity index (χ0v) is 44.0. The van der Waals surface area contributed by atoms with Gasteiger partial charge >= 0.3 is 12.1 Å². The summed E-state index contributed by atoms with van der Waals surface area (Å²) in [6.45, 7) is 21.9. The molecule has 1 saturated carbocycles. The number of hydrogen-bond acceptors (Lipinski definition) is 10. The highest BCUT2D eigenvalue weighted by Gasteiger charge is 2.48. The molecule has 2 bridgehead atoms. The lowest BCUT2D eigenvalue weighted by molar-refractivity contribution is 0.0122. The van der Waals surface area contributed by atoms with Crippen molar-refractivity contribution in [2.45, 2.75) is 148 Å². The number of benzene rings is 3. The summed E-state index contributed by atoms with van der Waals surface area (Å²) < 4.78 is 92.2. The monoisotopic (exact) mass is 999 g/mol. The zero-order valence-electron chi connectivity index (χ0n) is 43.0. The third kappa shape index (κ3) is 9.85. The van der Waals surface area contributed by atoms with Crippen LogP contribution in [0.15, 0.2) is 35.9 Å². The number of nitrogens with zero attached hydrogens (tertiary/aromatic N) is 5. The summed E-state index contributed by atoms with van der Waals surface area (Å²) in [5.74, 6) is 3.14. The Bertz CT molecular complexity index is 2770. The van der Waals surface area contributed by atoms with Gasteiger partial charge < -0.3 is 33.5 Å². The van der Waals surface area contributed by atoms with Gasteiger partial charge in [-0.3, -0.25) is 4.90 Å². The van der Waals surface area contributed by atoms with E-state index in [4.69, 9.17) is 33.7 Å². The van der Waals surface area contributed by atoms with Crippen molar-refractivity contribution in [2.75, 3.05) is 58.1 Å². The summed E-state index contributed by atoms with van der Waals surface area (Å²) >= 11 is 0. The molecule has 3 saturated heterocycles. The number of fused-ring (bicyclic) bond motifs is 6. The lowest BCUT2D eigenvalue weighted by Crippen LogP contribution is -2.57. The molecule has 16 heteroatoms. The first kappa shape index (κ1) is 51.0. The molecular formula is C55H69F4N5O6Si. The average molecular weight is 1000 g/mol. The van der Waals surface area contributed by atoms with Gasteiger partial charge in [0, 0.05) is 56.2 Å². The fourth-order valence-corrected chi connectivity index (χ4v) is 17.4. The highest BCUT2D eigenvalue weighted by atomic mass is 28.3. The van der Waals surface area contributed by atoms with Crippen LogP contribution >= 0.6 is 0 Å². The van der Waals surface area contributed by atoms with E-state index in [1.54, 1.807) is 18.2 Å². The predicted molar refractivity (Wildman–Crippen MR) is 270 cm³/mol. The Kier molecular flexibility index (Phi) is 14.2.